The molecule has 0 aliphatic heterocycles. The third-order valence-corrected chi connectivity index (χ3v) is 3.28. The normalized spacial score (nSPS) is 12.5. The van der Waals surface area contributed by atoms with Gasteiger partial charge in [0.15, 0.2) is 0 Å². The van der Waals surface area contributed by atoms with E-state index < -0.39 is 0 Å². The van der Waals surface area contributed by atoms with Gasteiger partial charge >= 0.3 is 0 Å². The molecule has 0 amide bonds. The third kappa shape index (κ3) is 2.52. The molecule has 0 fully saturated rings. The van der Waals surface area contributed by atoms with Crippen LogP contribution < -0.4 is 0 Å². The van der Waals surface area contributed by atoms with Gasteiger partial charge in [0.25, 0.3) is 0 Å². The van der Waals surface area contributed by atoms with Crippen molar-refractivity contribution in [2.75, 3.05) is 6.26 Å². The molecule has 1 rings (SSSR count). The molecule has 0 saturated carbocycles. The topological polar surface area (TPSA) is 0 Å². The van der Waals surface area contributed by atoms with Crippen molar-refractivity contribution >= 4 is 23.4 Å². The molecule has 0 aliphatic rings. The fraction of sp³-hybridized carbons (Fsp3) is 0.273. The van der Waals surface area contributed by atoms with Crippen LogP contribution in [0.2, 0.25) is 5.02 Å². The highest BCUT2D eigenvalue weighted by Gasteiger charge is 2.04. The fourth-order valence-corrected chi connectivity index (χ4v) is 1.98. The lowest BCUT2D eigenvalue weighted by molar-refractivity contribution is 0.968. The van der Waals surface area contributed by atoms with Crippen molar-refractivity contribution in [3.05, 3.63) is 41.4 Å². The molecule has 0 aliphatic carbocycles. The molecule has 0 saturated heterocycles. The van der Waals surface area contributed by atoms with Gasteiger partial charge < -0.3 is 0 Å². The van der Waals surface area contributed by atoms with Crippen LogP contribution in [0.4, 0.5) is 0 Å². The molecule has 13 heavy (non-hydrogen) atoms. The van der Waals surface area contributed by atoms with E-state index in [2.05, 4.69) is 25.6 Å². The fourth-order valence-electron chi connectivity index (χ4n) is 1.10. The summed E-state index contributed by atoms with van der Waals surface area (Å²) >= 11 is 7.74. The molecule has 0 N–H and O–H groups in total. The van der Waals surface area contributed by atoms with Crippen molar-refractivity contribution < 1.29 is 0 Å². The van der Waals surface area contributed by atoms with Gasteiger partial charge in [0.05, 0.1) is 5.02 Å². The smallest absolute Gasteiger partial charge is 0.0544 e. The minimum atomic E-state index is 0.369. The molecule has 0 nitrogen and oxygen atoms in total. The second kappa shape index (κ2) is 4.73. The van der Waals surface area contributed by atoms with E-state index in [1.54, 1.807) is 11.8 Å². The second-order valence-corrected chi connectivity index (χ2v) is 4.17. The van der Waals surface area contributed by atoms with Crippen molar-refractivity contribution in [2.45, 2.75) is 17.7 Å². The Morgan fingerprint density at radius 1 is 1.54 bits per heavy atom. The molecule has 1 unspecified atom stereocenters. The molecule has 0 heterocycles. The van der Waals surface area contributed by atoms with Crippen molar-refractivity contribution in [1.82, 2.24) is 0 Å². The summed E-state index contributed by atoms with van der Waals surface area (Å²) in [7, 11) is 0. The molecule has 0 aromatic heterocycles. The summed E-state index contributed by atoms with van der Waals surface area (Å²) in [6, 6.07) is 6.17. The largest absolute Gasteiger partial charge is 0.128 e. The van der Waals surface area contributed by atoms with E-state index in [4.69, 9.17) is 11.6 Å². The first-order valence-electron chi connectivity index (χ1n) is 4.15. The average Bonchev–Trinajstić information content (AvgIpc) is 2.16. The van der Waals surface area contributed by atoms with Gasteiger partial charge in [-0.05, 0) is 29.9 Å². The van der Waals surface area contributed by atoms with E-state index >= 15 is 0 Å². The van der Waals surface area contributed by atoms with Crippen molar-refractivity contribution in [3.63, 3.8) is 0 Å². The number of hydrogen-bond acceptors (Lipinski definition) is 1. The van der Waals surface area contributed by atoms with Crippen molar-refractivity contribution in [3.8, 4) is 0 Å². The quantitative estimate of drug-likeness (QED) is 0.530. The summed E-state index contributed by atoms with van der Waals surface area (Å²) in [5.74, 6) is 0.369. The third-order valence-electron chi connectivity index (χ3n) is 2.06. The molecule has 1 aromatic carbocycles. The van der Waals surface area contributed by atoms with Crippen LogP contribution in [-0.2, 0) is 0 Å². The van der Waals surface area contributed by atoms with E-state index in [-0.39, 0.29) is 0 Å². The Morgan fingerprint density at radius 3 is 2.69 bits per heavy atom. The van der Waals surface area contributed by atoms with Gasteiger partial charge in [0.2, 0.25) is 0 Å². The highest BCUT2D eigenvalue weighted by Crippen LogP contribution is 2.28. The summed E-state index contributed by atoms with van der Waals surface area (Å²) in [5, 5.41) is 0.832. The lowest BCUT2D eigenvalue weighted by Gasteiger charge is -2.08. The van der Waals surface area contributed by atoms with Crippen molar-refractivity contribution in [1.29, 1.82) is 0 Å². The summed E-state index contributed by atoms with van der Waals surface area (Å²) < 4.78 is 0. The molecule has 1 atom stereocenters. The molecular weight excluding hydrogens is 200 g/mol. The molecule has 0 radical (unpaired) electrons. The molecule has 1 aromatic rings. The van der Waals surface area contributed by atoms with E-state index in [0.717, 1.165) is 9.92 Å². The van der Waals surface area contributed by atoms with E-state index in [1.165, 1.54) is 5.56 Å². The van der Waals surface area contributed by atoms with Crippen LogP contribution in [0.5, 0.6) is 0 Å². The maximum absolute atomic E-state index is 6.08. The number of halogens is 1. The molecule has 2 heteroatoms. The Morgan fingerprint density at radius 2 is 2.23 bits per heavy atom. The predicted octanol–water partition coefficient (Wildman–Crippen LogP) is 4.35. The molecule has 70 valence electrons. The summed E-state index contributed by atoms with van der Waals surface area (Å²) in [6.45, 7) is 5.87. The maximum atomic E-state index is 6.08. The van der Waals surface area contributed by atoms with Gasteiger partial charge in [-0.3, -0.25) is 0 Å². The zero-order valence-electron chi connectivity index (χ0n) is 7.88. The average molecular weight is 213 g/mol. The Balaban J connectivity index is 3.02. The standard InChI is InChI=1S/C11H13ClS/c1-4-8(2)9-5-6-11(13-3)10(12)7-9/h4-8H,1H2,2-3H3. The minimum Gasteiger partial charge on any atom is -0.128 e. The van der Waals surface area contributed by atoms with E-state index in [1.807, 2.05) is 18.4 Å². The zero-order chi connectivity index (χ0) is 9.84. The summed E-state index contributed by atoms with van der Waals surface area (Å²) in [6.07, 6.45) is 3.95. The van der Waals surface area contributed by atoms with Gasteiger partial charge in [0, 0.05) is 4.90 Å². The van der Waals surface area contributed by atoms with Crippen molar-refractivity contribution in [2.24, 2.45) is 0 Å². The highest BCUT2D eigenvalue weighted by atomic mass is 35.5. The first-order valence-corrected chi connectivity index (χ1v) is 5.75. The molecule has 0 bridgehead atoms. The van der Waals surface area contributed by atoms with Gasteiger partial charge in [-0.25, -0.2) is 0 Å². The van der Waals surface area contributed by atoms with E-state index in [9.17, 15) is 0 Å². The Kier molecular flexibility index (Phi) is 3.89. The lowest BCUT2D eigenvalue weighted by atomic mass is 10.0. The Labute approximate surface area is 89.0 Å². The molecule has 0 spiro atoms. The minimum absolute atomic E-state index is 0.369. The van der Waals surface area contributed by atoms with Gasteiger partial charge in [0.1, 0.15) is 0 Å². The maximum Gasteiger partial charge on any atom is 0.0544 e. The van der Waals surface area contributed by atoms with Crippen LogP contribution in [-0.4, -0.2) is 6.26 Å². The Bertz CT molecular complexity index is 307. The van der Waals surface area contributed by atoms with Gasteiger partial charge in [-0.1, -0.05) is 30.7 Å². The van der Waals surface area contributed by atoms with Gasteiger partial charge in [-0.2, -0.15) is 0 Å². The van der Waals surface area contributed by atoms with Crippen LogP contribution >= 0.6 is 23.4 Å². The lowest BCUT2D eigenvalue weighted by Crippen LogP contribution is -1.88. The van der Waals surface area contributed by atoms with Crippen LogP contribution in [0.3, 0.4) is 0 Å². The summed E-state index contributed by atoms with van der Waals surface area (Å²) in [5.41, 5.74) is 1.22. The second-order valence-electron chi connectivity index (χ2n) is 2.92. The number of rotatable bonds is 3. The van der Waals surface area contributed by atoms with E-state index in [0.29, 0.717) is 5.92 Å². The van der Waals surface area contributed by atoms with Crippen LogP contribution in [0, 0.1) is 0 Å². The number of allylic oxidation sites excluding steroid dienone is 1. The summed E-state index contributed by atoms with van der Waals surface area (Å²) in [4.78, 5) is 1.13. The van der Waals surface area contributed by atoms with Crippen LogP contribution in [0.15, 0.2) is 35.7 Å². The van der Waals surface area contributed by atoms with Gasteiger partial charge in [-0.15, -0.1) is 18.3 Å². The number of benzene rings is 1. The monoisotopic (exact) mass is 212 g/mol. The number of thioether (sulfide) groups is 1. The van der Waals surface area contributed by atoms with Crippen LogP contribution in [0.1, 0.15) is 18.4 Å². The zero-order valence-corrected chi connectivity index (χ0v) is 9.45. The molecular formula is C11H13ClS. The number of hydrogen-bond donors (Lipinski definition) is 0. The predicted molar refractivity (Wildman–Crippen MR) is 61.8 cm³/mol. The Hall–Kier alpha value is -0.400. The first kappa shape index (κ1) is 10.7. The van der Waals surface area contributed by atoms with Crippen LogP contribution in [0.25, 0.3) is 0 Å². The highest BCUT2D eigenvalue weighted by molar-refractivity contribution is 7.98. The SMILES string of the molecule is C=CC(C)c1ccc(SC)c(Cl)c1. The first-order chi connectivity index (χ1) is 6.19.